The minimum absolute atomic E-state index is 0.290. The minimum atomic E-state index is -0.290. The SMILES string of the molecule is CCCCCCCCC(I)COc1c(CCC)cccc1C(=O)OCC. The van der Waals surface area contributed by atoms with Crippen LogP contribution in [0.15, 0.2) is 18.2 Å². The van der Waals surface area contributed by atoms with Crippen molar-refractivity contribution in [2.24, 2.45) is 0 Å². The van der Waals surface area contributed by atoms with Gasteiger partial charge in [-0.25, -0.2) is 4.79 Å². The number of halogens is 1. The van der Waals surface area contributed by atoms with Crippen LogP contribution in [0.25, 0.3) is 0 Å². The molecule has 1 unspecified atom stereocenters. The average Bonchev–Trinajstić information content (AvgIpc) is 2.63. The number of carbonyl (C=O) groups excluding carboxylic acids is 1. The number of rotatable bonds is 14. The molecular formula is C22H35IO3. The molecule has 3 nitrogen and oxygen atoms in total. The smallest absolute Gasteiger partial charge is 0.341 e. The summed E-state index contributed by atoms with van der Waals surface area (Å²) < 4.78 is 11.8. The molecule has 0 spiro atoms. The Morgan fingerprint density at radius 2 is 1.77 bits per heavy atom. The summed E-state index contributed by atoms with van der Waals surface area (Å²) in [4.78, 5) is 12.3. The van der Waals surface area contributed by atoms with Gasteiger partial charge in [0, 0.05) is 3.92 Å². The number of aryl methyl sites for hydroxylation is 1. The third-order valence-electron chi connectivity index (χ3n) is 4.39. The molecule has 0 bridgehead atoms. The quantitative estimate of drug-likeness (QED) is 0.130. The van der Waals surface area contributed by atoms with Crippen molar-refractivity contribution in [2.45, 2.75) is 82.5 Å². The fourth-order valence-corrected chi connectivity index (χ4v) is 3.61. The number of hydrogen-bond donors (Lipinski definition) is 0. The Morgan fingerprint density at radius 1 is 1.04 bits per heavy atom. The molecule has 148 valence electrons. The van der Waals surface area contributed by atoms with Gasteiger partial charge in [0.05, 0.1) is 13.2 Å². The maximum Gasteiger partial charge on any atom is 0.341 e. The molecule has 1 rings (SSSR count). The van der Waals surface area contributed by atoms with E-state index in [0.29, 0.717) is 22.7 Å². The standard InChI is InChI=1S/C22H35IO3/c1-4-7-8-9-10-11-15-19(23)17-26-21-18(13-5-2)14-12-16-20(21)22(24)25-6-3/h12,14,16,19H,4-11,13,15,17H2,1-3H3. The van der Waals surface area contributed by atoms with Crippen LogP contribution in [0.3, 0.4) is 0 Å². The van der Waals surface area contributed by atoms with Crippen LogP contribution >= 0.6 is 22.6 Å². The Balaban J connectivity index is 2.59. The highest BCUT2D eigenvalue weighted by Crippen LogP contribution is 2.27. The predicted octanol–water partition coefficient (Wildman–Crippen LogP) is 6.75. The molecule has 1 atom stereocenters. The normalized spacial score (nSPS) is 12.0. The molecular weight excluding hydrogens is 439 g/mol. The number of ether oxygens (including phenoxy) is 2. The van der Waals surface area contributed by atoms with Crippen LogP contribution < -0.4 is 4.74 Å². The van der Waals surface area contributed by atoms with Gasteiger partial charge in [0.15, 0.2) is 0 Å². The van der Waals surface area contributed by atoms with E-state index in [4.69, 9.17) is 9.47 Å². The Bertz CT molecular complexity index is 516. The minimum Gasteiger partial charge on any atom is -0.491 e. The van der Waals surface area contributed by atoms with Crippen molar-refractivity contribution >= 4 is 28.6 Å². The highest BCUT2D eigenvalue weighted by Gasteiger charge is 2.18. The van der Waals surface area contributed by atoms with Crippen molar-refractivity contribution in [1.82, 2.24) is 0 Å². The molecule has 0 aliphatic heterocycles. The number of hydrogen-bond acceptors (Lipinski definition) is 3. The largest absolute Gasteiger partial charge is 0.491 e. The van der Waals surface area contributed by atoms with E-state index in [-0.39, 0.29) is 5.97 Å². The maximum atomic E-state index is 12.3. The van der Waals surface area contributed by atoms with E-state index in [2.05, 4.69) is 42.5 Å². The van der Waals surface area contributed by atoms with Crippen LogP contribution in [0.1, 0.15) is 88.1 Å². The lowest BCUT2D eigenvalue weighted by atomic mass is 10.0. The lowest BCUT2D eigenvalue weighted by Crippen LogP contribution is -2.15. The zero-order valence-corrected chi connectivity index (χ0v) is 18.8. The lowest BCUT2D eigenvalue weighted by molar-refractivity contribution is 0.0521. The lowest BCUT2D eigenvalue weighted by Gasteiger charge is -2.17. The first-order valence-corrected chi connectivity index (χ1v) is 11.4. The summed E-state index contributed by atoms with van der Waals surface area (Å²) >= 11 is 2.47. The number of alkyl halides is 1. The van der Waals surface area contributed by atoms with Crippen molar-refractivity contribution in [3.63, 3.8) is 0 Å². The fraction of sp³-hybridized carbons (Fsp3) is 0.682. The van der Waals surface area contributed by atoms with E-state index >= 15 is 0 Å². The molecule has 0 aromatic heterocycles. The van der Waals surface area contributed by atoms with Gasteiger partial charge in [-0.3, -0.25) is 0 Å². The molecule has 26 heavy (non-hydrogen) atoms. The Morgan fingerprint density at radius 3 is 2.46 bits per heavy atom. The van der Waals surface area contributed by atoms with Gasteiger partial charge < -0.3 is 9.47 Å². The molecule has 0 radical (unpaired) electrons. The van der Waals surface area contributed by atoms with Crippen LogP contribution in [0, 0.1) is 0 Å². The number of unbranched alkanes of at least 4 members (excludes halogenated alkanes) is 5. The van der Waals surface area contributed by atoms with Crippen LogP contribution in [-0.2, 0) is 11.2 Å². The summed E-state index contributed by atoms with van der Waals surface area (Å²) in [6.45, 7) is 7.24. The van der Waals surface area contributed by atoms with Gasteiger partial charge in [-0.2, -0.15) is 0 Å². The Labute approximate surface area is 173 Å². The van der Waals surface area contributed by atoms with Gasteiger partial charge in [-0.1, -0.05) is 93.5 Å². The highest BCUT2D eigenvalue weighted by atomic mass is 127. The van der Waals surface area contributed by atoms with Gasteiger partial charge in [-0.05, 0) is 31.4 Å². The van der Waals surface area contributed by atoms with E-state index in [1.165, 1.54) is 38.5 Å². The summed E-state index contributed by atoms with van der Waals surface area (Å²) in [5, 5.41) is 0. The van der Waals surface area contributed by atoms with Crippen molar-refractivity contribution < 1.29 is 14.3 Å². The molecule has 0 aliphatic rings. The summed E-state index contributed by atoms with van der Waals surface area (Å²) in [5.74, 6) is 0.429. The topological polar surface area (TPSA) is 35.5 Å². The van der Waals surface area contributed by atoms with E-state index in [9.17, 15) is 4.79 Å². The molecule has 0 heterocycles. The van der Waals surface area contributed by atoms with Gasteiger partial charge in [0.25, 0.3) is 0 Å². The molecule has 0 amide bonds. The van der Waals surface area contributed by atoms with Gasteiger partial charge >= 0.3 is 5.97 Å². The summed E-state index contributed by atoms with van der Waals surface area (Å²) in [5.41, 5.74) is 1.65. The van der Waals surface area contributed by atoms with E-state index in [1.54, 1.807) is 0 Å². The third kappa shape index (κ3) is 8.74. The van der Waals surface area contributed by atoms with Crippen molar-refractivity contribution in [3.05, 3.63) is 29.3 Å². The van der Waals surface area contributed by atoms with Gasteiger partial charge in [0.1, 0.15) is 11.3 Å². The highest BCUT2D eigenvalue weighted by molar-refractivity contribution is 14.1. The predicted molar refractivity (Wildman–Crippen MR) is 118 cm³/mol. The van der Waals surface area contributed by atoms with Crippen LogP contribution in [-0.4, -0.2) is 23.1 Å². The average molecular weight is 474 g/mol. The number of carbonyl (C=O) groups is 1. The molecule has 1 aromatic carbocycles. The first-order valence-electron chi connectivity index (χ1n) is 10.2. The molecule has 0 aliphatic carbocycles. The zero-order chi connectivity index (χ0) is 19.2. The second-order valence-electron chi connectivity index (χ2n) is 6.73. The zero-order valence-electron chi connectivity index (χ0n) is 16.7. The molecule has 1 aromatic rings. The Hall–Kier alpha value is -0.780. The Kier molecular flexibility index (Phi) is 12.8. The van der Waals surface area contributed by atoms with Gasteiger partial charge in [0.2, 0.25) is 0 Å². The van der Waals surface area contributed by atoms with Crippen molar-refractivity contribution in [1.29, 1.82) is 0 Å². The van der Waals surface area contributed by atoms with Crippen LogP contribution in [0.5, 0.6) is 5.75 Å². The number of benzene rings is 1. The second-order valence-corrected chi connectivity index (χ2v) is 8.49. The summed E-state index contributed by atoms with van der Waals surface area (Å²) in [6, 6.07) is 5.78. The van der Waals surface area contributed by atoms with Crippen molar-refractivity contribution in [3.8, 4) is 5.75 Å². The van der Waals surface area contributed by atoms with E-state index in [0.717, 1.165) is 30.6 Å². The van der Waals surface area contributed by atoms with E-state index < -0.39 is 0 Å². The first-order chi connectivity index (χ1) is 12.6. The summed E-state index contributed by atoms with van der Waals surface area (Å²) in [6.07, 6.45) is 11.0. The molecule has 4 heteroatoms. The fourth-order valence-electron chi connectivity index (χ4n) is 2.99. The summed E-state index contributed by atoms with van der Waals surface area (Å²) in [7, 11) is 0. The molecule has 0 saturated heterocycles. The monoisotopic (exact) mass is 474 g/mol. The first kappa shape index (κ1) is 23.3. The van der Waals surface area contributed by atoms with Crippen molar-refractivity contribution in [2.75, 3.05) is 13.2 Å². The number of esters is 1. The van der Waals surface area contributed by atoms with Crippen LogP contribution in [0.4, 0.5) is 0 Å². The van der Waals surface area contributed by atoms with Gasteiger partial charge in [-0.15, -0.1) is 0 Å². The van der Waals surface area contributed by atoms with E-state index in [1.807, 2.05) is 19.1 Å². The third-order valence-corrected chi connectivity index (χ3v) is 5.37. The maximum absolute atomic E-state index is 12.3. The molecule has 0 N–H and O–H groups in total. The molecule has 0 saturated carbocycles. The molecule has 0 fully saturated rings. The number of para-hydroxylation sites is 1. The second kappa shape index (κ2) is 14.3. The van der Waals surface area contributed by atoms with Crippen LogP contribution in [0.2, 0.25) is 0 Å².